The van der Waals surface area contributed by atoms with Crippen LogP contribution in [-0.4, -0.2) is 26.9 Å². The zero-order valence-corrected chi connectivity index (χ0v) is 12.7. The van der Waals surface area contributed by atoms with Gasteiger partial charge in [-0.1, -0.05) is 17.7 Å². The van der Waals surface area contributed by atoms with Gasteiger partial charge in [-0.2, -0.15) is 0 Å². The van der Waals surface area contributed by atoms with E-state index in [0.29, 0.717) is 5.69 Å². The van der Waals surface area contributed by atoms with E-state index in [1.54, 1.807) is 12.1 Å². The van der Waals surface area contributed by atoms with Crippen molar-refractivity contribution >= 4 is 28.4 Å². The predicted octanol–water partition coefficient (Wildman–Crippen LogP) is 2.17. The minimum absolute atomic E-state index is 0.00536. The molecule has 2 N–H and O–H groups in total. The van der Waals surface area contributed by atoms with E-state index in [9.17, 15) is 13.8 Å². The van der Waals surface area contributed by atoms with E-state index in [4.69, 9.17) is 9.52 Å². The SMILES string of the molecule is Cc1ccc(NC(=O)CS(=O)Cc2ccc(C(=O)O)o2)cc1. The van der Waals surface area contributed by atoms with Gasteiger partial charge in [-0.25, -0.2) is 4.79 Å². The van der Waals surface area contributed by atoms with Crippen LogP contribution in [0.1, 0.15) is 21.9 Å². The van der Waals surface area contributed by atoms with E-state index in [1.165, 1.54) is 12.1 Å². The van der Waals surface area contributed by atoms with Crippen molar-refractivity contribution in [3.8, 4) is 0 Å². The minimum Gasteiger partial charge on any atom is -0.475 e. The lowest BCUT2D eigenvalue weighted by Crippen LogP contribution is -2.20. The first-order valence-corrected chi connectivity index (χ1v) is 7.96. The average Bonchev–Trinajstić information content (AvgIpc) is 2.89. The molecule has 1 atom stereocenters. The smallest absolute Gasteiger partial charge is 0.371 e. The lowest BCUT2D eigenvalue weighted by Gasteiger charge is -2.05. The summed E-state index contributed by atoms with van der Waals surface area (Å²) in [4.78, 5) is 22.5. The third-order valence-corrected chi connectivity index (χ3v) is 3.99. The number of anilines is 1. The van der Waals surface area contributed by atoms with Crippen molar-refractivity contribution in [1.29, 1.82) is 0 Å². The van der Waals surface area contributed by atoms with Gasteiger partial charge < -0.3 is 14.8 Å². The normalized spacial score (nSPS) is 11.9. The van der Waals surface area contributed by atoms with E-state index in [0.717, 1.165) is 5.56 Å². The molecule has 0 radical (unpaired) electrons. The Kier molecular flexibility index (Phi) is 5.11. The van der Waals surface area contributed by atoms with E-state index >= 15 is 0 Å². The number of carbonyl (C=O) groups is 2. The van der Waals surface area contributed by atoms with Gasteiger partial charge in [-0.15, -0.1) is 0 Å². The number of carboxylic acid groups (broad SMARTS) is 1. The van der Waals surface area contributed by atoms with Crippen molar-refractivity contribution in [2.75, 3.05) is 11.1 Å². The van der Waals surface area contributed by atoms with E-state index < -0.39 is 16.8 Å². The first kappa shape index (κ1) is 16.0. The second kappa shape index (κ2) is 7.04. The number of aromatic carboxylic acids is 1. The van der Waals surface area contributed by atoms with E-state index in [1.807, 2.05) is 19.1 Å². The van der Waals surface area contributed by atoms with Crippen LogP contribution >= 0.6 is 0 Å². The highest BCUT2D eigenvalue weighted by Crippen LogP contribution is 2.11. The molecule has 1 amide bonds. The standard InChI is InChI=1S/C15H15NO5S/c1-10-2-4-11(5-3-10)16-14(17)9-22(20)8-12-6-7-13(21-12)15(18)19/h2-7H,8-9H2,1H3,(H,16,17)(H,18,19). The second-order valence-electron chi connectivity index (χ2n) is 4.71. The molecular weight excluding hydrogens is 306 g/mol. The Morgan fingerprint density at radius 1 is 1.18 bits per heavy atom. The highest BCUT2D eigenvalue weighted by atomic mass is 32.2. The Bertz CT molecular complexity index is 705. The molecule has 1 aromatic heterocycles. The number of furan rings is 1. The maximum absolute atomic E-state index is 11.9. The number of benzene rings is 1. The molecule has 2 rings (SSSR count). The summed E-state index contributed by atoms with van der Waals surface area (Å²) in [5.41, 5.74) is 1.72. The van der Waals surface area contributed by atoms with Crippen LogP contribution in [0.3, 0.4) is 0 Å². The van der Waals surface area contributed by atoms with Crippen LogP contribution in [0.25, 0.3) is 0 Å². The van der Waals surface area contributed by atoms with Crippen LogP contribution in [0.4, 0.5) is 5.69 Å². The molecular formula is C15H15NO5S. The van der Waals surface area contributed by atoms with Gasteiger partial charge in [-0.05, 0) is 31.2 Å². The molecule has 1 unspecified atom stereocenters. The summed E-state index contributed by atoms with van der Waals surface area (Å²) in [6.07, 6.45) is 0. The summed E-state index contributed by atoms with van der Waals surface area (Å²) in [5.74, 6) is -1.68. The number of aryl methyl sites for hydroxylation is 1. The number of nitrogens with one attached hydrogen (secondary N) is 1. The molecule has 0 saturated carbocycles. The molecule has 0 aliphatic heterocycles. The lowest BCUT2D eigenvalue weighted by atomic mass is 10.2. The fourth-order valence-corrected chi connectivity index (χ4v) is 2.70. The topological polar surface area (TPSA) is 96.6 Å². The summed E-state index contributed by atoms with van der Waals surface area (Å²) in [6.45, 7) is 1.94. The summed E-state index contributed by atoms with van der Waals surface area (Å²) in [5, 5.41) is 11.4. The Hall–Kier alpha value is -2.41. The molecule has 0 spiro atoms. The monoisotopic (exact) mass is 321 g/mol. The fraction of sp³-hybridized carbons (Fsp3) is 0.200. The number of carbonyl (C=O) groups excluding carboxylic acids is 1. The molecule has 1 aromatic carbocycles. The molecule has 0 bridgehead atoms. The maximum Gasteiger partial charge on any atom is 0.371 e. The number of rotatable bonds is 6. The molecule has 1 heterocycles. The Labute approximate surface area is 129 Å². The first-order valence-electron chi connectivity index (χ1n) is 6.47. The fourth-order valence-electron chi connectivity index (χ4n) is 1.76. The zero-order chi connectivity index (χ0) is 16.1. The largest absolute Gasteiger partial charge is 0.475 e. The van der Waals surface area contributed by atoms with Gasteiger partial charge >= 0.3 is 5.97 Å². The van der Waals surface area contributed by atoms with Crippen molar-refractivity contribution in [2.45, 2.75) is 12.7 Å². The summed E-state index contributed by atoms with van der Waals surface area (Å²) in [7, 11) is -1.48. The van der Waals surface area contributed by atoms with Crippen LogP contribution in [0, 0.1) is 6.92 Å². The summed E-state index contributed by atoms with van der Waals surface area (Å²) >= 11 is 0. The number of hydrogen-bond acceptors (Lipinski definition) is 4. The van der Waals surface area contributed by atoms with Crippen molar-refractivity contribution < 1.29 is 23.3 Å². The van der Waals surface area contributed by atoms with Crippen LogP contribution in [-0.2, 0) is 21.3 Å². The van der Waals surface area contributed by atoms with Crippen molar-refractivity contribution in [2.24, 2.45) is 0 Å². The molecule has 6 nitrogen and oxygen atoms in total. The van der Waals surface area contributed by atoms with Crippen LogP contribution in [0.5, 0.6) is 0 Å². The highest BCUT2D eigenvalue weighted by Gasteiger charge is 2.13. The van der Waals surface area contributed by atoms with Gasteiger partial charge in [0, 0.05) is 16.5 Å². The Balaban J connectivity index is 1.86. The maximum atomic E-state index is 11.9. The van der Waals surface area contributed by atoms with Crippen molar-refractivity contribution in [1.82, 2.24) is 0 Å². The van der Waals surface area contributed by atoms with Crippen molar-refractivity contribution in [3.05, 3.63) is 53.5 Å². The average molecular weight is 321 g/mol. The molecule has 116 valence electrons. The van der Waals surface area contributed by atoms with Crippen LogP contribution < -0.4 is 5.32 Å². The van der Waals surface area contributed by atoms with E-state index in [2.05, 4.69) is 5.32 Å². The van der Waals surface area contributed by atoms with Gasteiger partial charge in [0.25, 0.3) is 0 Å². The summed E-state index contributed by atoms with van der Waals surface area (Å²) < 4.78 is 16.9. The molecule has 2 aromatic rings. The van der Waals surface area contributed by atoms with Gasteiger partial charge in [0.2, 0.25) is 11.7 Å². The third-order valence-electron chi connectivity index (χ3n) is 2.80. The van der Waals surface area contributed by atoms with E-state index in [-0.39, 0.29) is 28.9 Å². The minimum atomic E-state index is -1.48. The molecule has 0 aliphatic rings. The van der Waals surface area contributed by atoms with Crippen molar-refractivity contribution in [3.63, 3.8) is 0 Å². The van der Waals surface area contributed by atoms with Gasteiger partial charge in [-0.3, -0.25) is 9.00 Å². The number of amides is 1. The number of carboxylic acids is 1. The quantitative estimate of drug-likeness (QED) is 0.850. The Morgan fingerprint density at radius 2 is 1.86 bits per heavy atom. The van der Waals surface area contributed by atoms with Gasteiger partial charge in [0.15, 0.2) is 0 Å². The van der Waals surface area contributed by atoms with Crippen LogP contribution in [0.2, 0.25) is 0 Å². The lowest BCUT2D eigenvalue weighted by molar-refractivity contribution is -0.113. The Morgan fingerprint density at radius 3 is 2.45 bits per heavy atom. The first-order chi connectivity index (χ1) is 10.4. The zero-order valence-electron chi connectivity index (χ0n) is 11.9. The number of hydrogen-bond donors (Lipinski definition) is 2. The summed E-state index contributed by atoms with van der Waals surface area (Å²) in [6, 6.07) is 10.00. The van der Waals surface area contributed by atoms with Crippen LogP contribution in [0.15, 0.2) is 40.8 Å². The predicted molar refractivity (Wildman–Crippen MR) is 82.2 cm³/mol. The molecule has 0 fully saturated rings. The molecule has 22 heavy (non-hydrogen) atoms. The molecule has 7 heteroatoms. The second-order valence-corrected chi connectivity index (χ2v) is 6.17. The van der Waals surface area contributed by atoms with Gasteiger partial charge in [0.05, 0.1) is 5.75 Å². The highest BCUT2D eigenvalue weighted by molar-refractivity contribution is 7.84. The molecule has 0 saturated heterocycles. The molecule has 0 aliphatic carbocycles. The van der Waals surface area contributed by atoms with Gasteiger partial charge in [0.1, 0.15) is 11.5 Å². The third kappa shape index (κ3) is 4.56.